The molecule has 0 fully saturated rings. The second-order valence-electron chi connectivity index (χ2n) is 14.9. The van der Waals surface area contributed by atoms with Gasteiger partial charge in [0.05, 0.1) is 0 Å². The van der Waals surface area contributed by atoms with Crippen molar-refractivity contribution in [3.63, 3.8) is 0 Å². The molecule has 0 bridgehead atoms. The van der Waals surface area contributed by atoms with Crippen LogP contribution in [0.4, 0.5) is 17.1 Å². The van der Waals surface area contributed by atoms with Crippen LogP contribution in [0.5, 0.6) is 0 Å². The molecule has 0 spiro atoms. The fourth-order valence-electron chi connectivity index (χ4n) is 8.74. The maximum absolute atomic E-state index is 2.45. The fourth-order valence-corrected chi connectivity index (χ4v) is 8.74. The average Bonchev–Trinajstić information content (AvgIpc) is 3.23. The molecule has 9 aromatic rings. The highest BCUT2D eigenvalue weighted by atomic mass is 15.1. The Morgan fingerprint density at radius 3 is 1.59 bits per heavy atom. The van der Waals surface area contributed by atoms with Crippen LogP contribution in [0.1, 0.15) is 25.0 Å². The number of hydrogen-bond acceptors (Lipinski definition) is 1. The molecule has 0 aromatic heterocycles. The van der Waals surface area contributed by atoms with Gasteiger partial charge in [-0.05, 0) is 120 Å². The normalized spacial score (nSPS) is 12.8. The molecule has 10 rings (SSSR count). The number of para-hydroxylation sites is 2. The second kappa shape index (κ2) is 12.8. The number of benzene rings is 9. The van der Waals surface area contributed by atoms with E-state index in [0.717, 1.165) is 17.1 Å². The van der Waals surface area contributed by atoms with Crippen molar-refractivity contribution in [2.24, 2.45) is 0 Å². The van der Waals surface area contributed by atoms with Crippen molar-refractivity contribution in [3.05, 3.63) is 211 Å². The van der Waals surface area contributed by atoms with Crippen LogP contribution in [0.3, 0.4) is 0 Å². The SMILES string of the molecule is CC1(C)c2ccc(-c3ccc(-c4ccc(N(c5ccccc5)c5ccccc5)cc4)cc3)cc2-c2c(-c3cccc4ccccc34)ccc3cccc1c23. The lowest BCUT2D eigenvalue weighted by Gasteiger charge is -2.36. The van der Waals surface area contributed by atoms with E-state index in [1.807, 2.05) is 0 Å². The lowest BCUT2D eigenvalue weighted by Crippen LogP contribution is -2.24. The minimum Gasteiger partial charge on any atom is -0.311 e. The van der Waals surface area contributed by atoms with Crippen LogP contribution in [-0.2, 0) is 5.41 Å². The van der Waals surface area contributed by atoms with Crippen molar-refractivity contribution in [3.8, 4) is 44.5 Å². The van der Waals surface area contributed by atoms with Gasteiger partial charge in [-0.2, -0.15) is 0 Å². The number of rotatable bonds is 6. The van der Waals surface area contributed by atoms with E-state index >= 15 is 0 Å². The smallest absolute Gasteiger partial charge is 0.0462 e. The van der Waals surface area contributed by atoms with Crippen molar-refractivity contribution >= 4 is 38.6 Å². The van der Waals surface area contributed by atoms with Gasteiger partial charge in [0.2, 0.25) is 0 Å². The molecule has 1 aliphatic carbocycles. The van der Waals surface area contributed by atoms with Gasteiger partial charge in [-0.25, -0.2) is 0 Å². The van der Waals surface area contributed by atoms with Crippen LogP contribution in [0.15, 0.2) is 200 Å². The third kappa shape index (κ3) is 5.24. The van der Waals surface area contributed by atoms with Crippen LogP contribution in [0.2, 0.25) is 0 Å². The van der Waals surface area contributed by atoms with Gasteiger partial charge in [0.1, 0.15) is 0 Å². The largest absolute Gasteiger partial charge is 0.311 e. The first-order chi connectivity index (χ1) is 26.5. The van der Waals surface area contributed by atoms with E-state index in [1.54, 1.807) is 0 Å². The highest BCUT2D eigenvalue weighted by Gasteiger charge is 2.35. The van der Waals surface area contributed by atoms with Gasteiger partial charge in [-0.15, -0.1) is 0 Å². The third-order valence-electron chi connectivity index (χ3n) is 11.5. The monoisotopic (exact) mass is 689 g/mol. The standard InChI is InChI=1S/C53H39N/c1-53(2)49-34-30-41(35-48(49)52-47(33-29-40-15-12-22-50(53)51(40)52)46-21-11-14-39-13-9-10-20-45(39)46)38-25-23-36(24-26-38)37-27-31-44(32-28-37)54(42-16-5-3-6-17-42)43-18-7-4-8-19-43/h3-35H,1-2H3. The van der Waals surface area contributed by atoms with E-state index in [9.17, 15) is 0 Å². The number of hydrogen-bond donors (Lipinski definition) is 0. The third-order valence-corrected chi connectivity index (χ3v) is 11.5. The van der Waals surface area contributed by atoms with Crippen molar-refractivity contribution < 1.29 is 0 Å². The average molecular weight is 690 g/mol. The highest BCUT2D eigenvalue weighted by molar-refractivity contribution is 6.12. The molecule has 0 aliphatic heterocycles. The zero-order valence-electron chi connectivity index (χ0n) is 30.5. The Bertz CT molecular complexity index is 2770. The summed E-state index contributed by atoms with van der Waals surface area (Å²) in [5, 5.41) is 5.21. The predicted octanol–water partition coefficient (Wildman–Crippen LogP) is 14.8. The summed E-state index contributed by atoms with van der Waals surface area (Å²) < 4.78 is 0. The minimum absolute atomic E-state index is 0.135. The summed E-state index contributed by atoms with van der Waals surface area (Å²) in [5.74, 6) is 0. The summed E-state index contributed by atoms with van der Waals surface area (Å²) in [5.41, 5.74) is 16.1. The molecular weight excluding hydrogens is 651 g/mol. The van der Waals surface area contributed by atoms with E-state index in [0.29, 0.717) is 0 Å². The summed E-state index contributed by atoms with van der Waals surface area (Å²) in [6.45, 7) is 4.76. The van der Waals surface area contributed by atoms with Crippen molar-refractivity contribution in [2.45, 2.75) is 19.3 Å². The quantitative estimate of drug-likeness (QED) is 0.168. The van der Waals surface area contributed by atoms with Crippen LogP contribution >= 0.6 is 0 Å². The van der Waals surface area contributed by atoms with E-state index in [1.165, 1.54) is 77.2 Å². The van der Waals surface area contributed by atoms with Gasteiger partial charge in [0.25, 0.3) is 0 Å². The van der Waals surface area contributed by atoms with E-state index in [4.69, 9.17) is 0 Å². The second-order valence-corrected chi connectivity index (χ2v) is 14.9. The lowest BCUT2D eigenvalue weighted by atomic mass is 9.67. The molecule has 0 radical (unpaired) electrons. The molecule has 0 amide bonds. The molecule has 0 unspecified atom stereocenters. The van der Waals surface area contributed by atoms with Gasteiger partial charge >= 0.3 is 0 Å². The Morgan fingerprint density at radius 2 is 0.889 bits per heavy atom. The molecule has 1 nitrogen and oxygen atoms in total. The van der Waals surface area contributed by atoms with Gasteiger partial charge < -0.3 is 4.90 Å². The van der Waals surface area contributed by atoms with Crippen LogP contribution < -0.4 is 4.90 Å². The Kier molecular flexibility index (Phi) is 7.56. The predicted molar refractivity (Wildman–Crippen MR) is 230 cm³/mol. The van der Waals surface area contributed by atoms with Crippen LogP contribution in [-0.4, -0.2) is 0 Å². The summed E-state index contributed by atoms with van der Waals surface area (Å²) in [7, 11) is 0. The zero-order chi connectivity index (χ0) is 36.2. The van der Waals surface area contributed by atoms with Gasteiger partial charge in [-0.1, -0.05) is 172 Å². The first-order valence-corrected chi connectivity index (χ1v) is 18.8. The van der Waals surface area contributed by atoms with E-state index in [-0.39, 0.29) is 5.41 Å². The Morgan fingerprint density at radius 1 is 0.352 bits per heavy atom. The summed E-state index contributed by atoms with van der Waals surface area (Å²) >= 11 is 0. The van der Waals surface area contributed by atoms with Crippen LogP contribution in [0.25, 0.3) is 66.1 Å². The molecule has 1 heteroatoms. The molecule has 54 heavy (non-hydrogen) atoms. The number of anilines is 3. The summed E-state index contributed by atoms with van der Waals surface area (Å²) in [4.78, 5) is 2.30. The molecule has 0 N–H and O–H groups in total. The fraction of sp³-hybridized carbons (Fsp3) is 0.0566. The first-order valence-electron chi connectivity index (χ1n) is 18.8. The molecule has 9 aromatic carbocycles. The van der Waals surface area contributed by atoms with Crippen molar-refractivity contribution in [1.29, 1.82) is 0 Å². The maximum atomic E-state index is 2.45. The molecule has 256 valence electrons. The molecule has 0 heterocycles. The Labute approximate surface area is 317 Å². The van der Waals surface area contributed by atoms with Crippen molar-refractivity contribution in [1.82, 2.24) is 0 Å². The molecule has 1 aliphatic rings. The van der Waals surface area contributed by atoms with Crippen LogP contribution in [0, 0.1) is 0 Å². The zero-order valence-corrected chi connectivity index (χ0v) is 30.5. The van der Waals surface area contributed by atoms with Gasteiger partial charge in [0, 0.05) is 22.5 Å². The number of nitrogens with zero attached hydrogens (tertiary/aromatic N) is 1. The Hall–Kier alpha value is -6.70. The minimum atomic E-state index is -0.135. The maximum Gasteiger partial charge on any atom is 0.0462 e. The van der Waals surface area contributed by atoms with Gasteiger partial charge in [-0.3, -0.25) is 0 Å². The van der Waals surface area contributed by atoms with E-state index in [2.05, 4.69) is 219 Å². The molecule has 0 saturated heterocycles. The topological polar surface area (TPSA) is 3.24 Å². The summed E-state index contributed by atoms with van der Waals surface area (Å²) in [6.07, 6.45) is 0. The number of fused-ring (bicyclic) bond motifs is 3. The Balaban J connectivity index is 1.04. The van der Waals surface area contributed by atoms with Crippen molar-refractivity contribution in [2.75, 3.05) is 4.90 Å². The highest BCUT2D eigenvalue weighted by Crippen LogP contribution is 2.53. The molecule has 0 atom stereocenters. The van der Waals surface area contributed by atoms with E-state index < -0.39 is 0 Å². The summed E-state index contributed by atoms with van der Waals surface area (Å²) in [6, 6.07) is 73.2. The van der Waals surface area contributed by atoms with Gasteiger partial charge in [0.15, 0.2) is 0 Å². The molecule has 0 saturated carbocycles. The first kappa shape index (κ1) is 32.0. The molecular formula is C53H39N. The lowest BCUT2D eigenvalue weighted by molar-refractivity contribution is 0.645.